The molecule has 14 heavy (non-hydrogen) atoms. The van der Waals surface area contributed by atoms with E-state index in [-0.39, 0.29) is 4.91 Å². The van der Waals surface area contributed by atoms with Gasteiger partial charge in [0.25, 0.3) is 4.91 Å². The van der Waals surface area contributed by atoms with Gasteiger partial charge in [-0.05, 0) is 13.3 Å². The molecule has 0 aromatic rings. The third-order valence-corrected chi connectivity index (χ3v) is 3.08. The van der Waals surface area contributed by atoms with E-state index in [2.05, 4.69) is 19.9 Å². The second-order valence-electron chi connectivity index (χ2n) is 3.27. The van der Waals surface area contributed by atoms with E-state index in [1.165, 1.54) is 6.08 Å². The fourth-order valence-electron chi connectivity index (χ4n) is 1.13. The molecule has 1 rings (SSSR count). The average molecular weight is 213 g/mol. The van der Waals surface area contributed by atoms with Gasteiger partial charge in [0.15, 0.2) is 0 Å². The van der Waals surface area contributed by atoms with E-state index in [9.17, 15) is 8.42 Å². The molecule has 1 aliphatic carbocycles. The molecule has 0 aliphatic heterocycles. The van der Waals surface area contributed by atoms with Gasteiger partial charge in [-0.2, -0.15) is 8.42 Å². The summed E-state index contributed by atoms with van der Waals surface area (Å²) >= 11 is 0. The molecule has 1 aliphatic rings. The lowest BCUT2D eigenvalue weighted by molar-refractivity contribution is 0.492. The second-order valence-corrected chi connectivity index (χ2v) is 4.66. The van der Waals surface area contributed by atoms with Gasteiger partial charge in [0, 0.05) is 5.92 Å². The van der Waals surface area contributed by atoms with E-state index >= 15 is 0 Å². The first-order valence-electron chi connectivity index (χ1n) is 4.44. The first-order valence-corrected chi connectivity index (χ1v) is 5.88. The zero-order valence-corrected chi connectivity index (χ0v) is 9.00. The molecule has 1 N–H and O–H groups in total. The Morgan fingerprint density at radius 1 is 1.50 bits per heavy atom. The summed E-state index contributed by atoms with van der Waals surface area (Å²) in [5, 5.41) is 0. The highest BCUT2D eigenvalue weighted by Crippen LogP contribution is 2.21. The predicted molar refractivity (Wildman–Crippen MR) is 55.0 cm³/mol. The Balaban J connectivity index is 2.93. The Hall–Kier alpha value is -0.960. The third kappa shape index (κ3) is 2.51. The van der Waals surface area contributed by atoms with Gasteiger partial charge in [-0.15, -0.1) is 0 Å². The van der Waals surface area contributed by atoms with Crippen molar-refractivity contribution in [1.29, 1.82) is 0 Å². The van der Waals surface area contributed by atoms with Gasteiger partial charge in [-0.25, -0.2) is 0 Å². The van der Waals surface area contributed by atoms with Crippen LogP contribution in [0.25, 0.3) is 0 Å². The smallest absolute Gasteiger partial charge is 0.279 e. The summed E-state index contributed by atoms with van der Waals surface area (Å²) in [6.07, 6.45) is 8.22. The molecule has 0 fully saturated rings. The lowest BCUT2D eigenvalue weighted by Gasteiger charge is -2.04. The van der Waals surface area contributed by atoms with Crippen molar-refractivity contribution in [1.82, 2.24) is 0 Å². The molecule has 1 atom stereocenters. The van der Waals surface area contributed by atoms with Crippen molar-refractivity contribution >= 4 is 10.1 Å². The van der Waals surface area contributed by atoms with Gasteiger partial charge in [0.1, 0.15) is 6.08 Å². The van der Waals surface area contributed by atoms with Crippen LogP contribution >= 0.6 is 0 Å². The first-order chi connectivity index (χ1) is 6.45. The fourth-order valence-corrected chi connectivity index (χ4v) is 1.57. The van der Waals surface area contributed by atoms with Gasteiger partial charge in [0.2, 0.25) is 0 Å². The van der Waals surface area contributed by atoms with Crippen molar-refractivity contribution in [3.8, 4) is 0 Å². The van der Waals surface area contributed by atoms with E-state index in [1.807, 2.05) is 0 Å². The summed E-state index contributed by atoms with van der Waals surface area (Å²) in [6, 6.07) is 0. The van der Waals surface area contributed by atoms with E-state index in [0.29, 0.717) is 5.92 Å². The molecule has 1 unspecified atom stereocenters. The molecule has 3 nitrogen and oxygen atoms in total. The normalized spacial score (nSPS) is 18.2. The van der Waals surface area contributed by atoms with E-state index in [4.69, 9.17) is 4.55 Å². The second kappa shape index (κ2) is 4.05. The Labute approximate surface area is 84.6 Å². The van der Waals surface area contributed by atoms with Crippen LogP contribution in [0.2, 0.25) is 0 Å². The van der Waals surface area contributed by atoms with Crippen molar-refractivity contribution in [3.63, 3.8) is 0 Å². The van der Waals surface area contributed by atoms with Crippen LogP contribution in [0, 0.1) is 12.0 Å². The molecule has 0 saturated heterocycles. The molecule has 0 radical (unpaired) electrons. The van der Waals surface area contributed by atoms with Crippen LogP contribution in [0.4, 0.5) is 0 Å². The van der Waals surface area contributed by atoms with Crippen molar-refractivity contribution in [3.05, 3.63) is 34.8 Å². The molecule has 0 heterocycles. The molecule has 76 valence electrons. The van der Waals surface area contributed by atoms with Crippen LogP contribution in [-0.2, 0) is 10.1 Å². The molecule has 0 amide bonds. The summed E-state index contributed by atoms with van der Waals surface area (Å²) in [6.45, 7) is 4.11. The van der Waals surface area contributed by atoms with Crippen molar-refractivity contribution in [2.45, 2.75) is 20.3 Å². The highest BCUT2D eigenvalue weighted by atomic mass is 32.2. The van der Waals surface area contributed by atoms with Crippen LogP contribution in [0.1, 0.15) is 20.3 Å². The van der Waals surface area contributed by atoms with Crippen LogP contribution < -0.4 is 0 Å². The van der Waals surface area contributed by atoms with Crippen molar-refractivity contribution < 1.29 is 13.0 Å². The minimum atomic E-state index is -4.11. The monoisotopic (exact) mass is 213 g/mol. The SMILES string of the molecule is CCC(C)C1=C[C+]=C(S(=O)(=O)O)C=C1. The Bertz CT molecular complexity index is 399. The number of hydrogen-bond acceptors (Lipinski definition) is 2. The van der Waals surface area contributed by atoms with Crippen molar-refractivity contribution in [2.24, 2.45) is 5.92 Å². The highest BCUT2D eigenvalue weighted by Gasteiger charge is 2.22. The minimum absolute atomic E-state index is 0.176. The molecule has 0 aromatic carbocycles. The lowest BCUT2D eigenvalue weighted by atomic mass is 9.96. The average Bonchev–Trinajstić information content (AvgIpc) is 2.15. The Kier molecular flexibility index (Phi) is 3.21. The van der Waals surface area contributed by atoms with Gasteiger partial charge >= 0.3 is 10.1 Å². The number of rotatable bonds is 3. The third-order valence-electron chi connectivity index (χ3n) is 2.27. The molecule has 0 bridgehead atoms. The maximum absolute atomic E-state index is 10.7. The highest BCUT2D eigenvalue weighted by molar-refractivity contribution is 7.90. The largest absolute Gasteiger partial charge is 0.328 e. The molecular formula is C10H13O3S+. The maximum atomic E-state index is 10.7. The predicted octanol–water partition coefficient (Wildman–Crippen LogP) is 2.10. The summed E-state index contributed by atoms with van der Waals surface area (Å²) < 4.78 is 30.1. The van der Waals surface area contributed by atoms with Gasteiger partial charge in [-0.1, -0.05) is 6.92 Å². The molecule has 4 heteroatoms. The molecule has 0 saturated carbocycles. The van der Waals surface area contributed by atoms with E-state index in [1.54, 1.807) is 12.2 Å². The lowest BCUT2D eigenvalue weighted by Crippen LogP contribution is -2.03. The van der Waals surface area contributed by atoms with Crippen LogP contribution in [0.5, 0.6) is 0 Å². The molecule has 0 spiro atoms. The fraction of sp³-hybridized carbons (Fsp3) is 0.400. The van der Waals surface area contributed by atoms with E-state index < -0.39 is 10.1 Å². The quantitative estimate of drug-likeness (QED) is 0.577. The Morgan fingerprint density at radius 3 is 2.50 bits per heavy atom. The minimum Gasteiger partial charge on any atom is -0.279 e. The maximum Gasteiger partial charge on any atom is 0.328 e. The summed E-state index contributed by atoms with van der Waals surface area (Å²) in [4.78, 5) is -0.176. The molecule has 0 aromatic heterocycles. The summed E-state index contributed by atoms with van der Waals surface area (Å²) in [5.41, 5.74) is 1.03. The first kappa shape index (κ1) is 11.1. The number of allylic oxidation sites excluding steroid dienone is 5. The standard InChI is InChI=1S/C10H12O3S/c1-3-8(2)9-4-6-10(7-5-9)14(11,12)13/h4-6,8H,3H2,1-2H3/p+1. The van der Waals surface area contributed by atoms with Gasteiger partial charge < -0.3 is 0 Å². The van der Waals surface area contributed by atoms with Crippen LogP contribution in [0.3, 0.4) is 0 Å². The summed E-state index contributed by atoms with van der Waals surface area (Å²) in [7, 11) is -4.11. The van der Waals surface area contributed by atoms with Crippen LogP contribution in [-0.4, -0.2) is 13.0 Å². The summed E-state index contributed by atoms with van der Waals surface area (Å²) in [5.74, 6) is 0.377. The molecular weight excluding hydrogens is 200 g/mol. The zero-order chi connectivity index (χ0) is 10.8. The topological polar surface area (TPSA) is 54.4 Å². The van der Waals surface area contributed by atoms with Gasteiger partial charge in [0.05, 0.1) is 23.8 Å². The number of hydrogen-bond donors (Lipinski definition) is 1. The van der Waals surface area contributed by atoms with Crippen LogP contribution in [0.15, 0.2) is 28.7 Å². The van der Waals surface area contributed by atoms with E-state index in [0.717, 1.165) is 12.0 Å². The Morgan fingerprint density at radius 2 is 2.14 bits per heavy atom. The van der Waals surface area contributed by atoms with Gasteiger partial charge in [-0.3, -0.25) is 4.55 Å². The van der Waals surface area contributed by atoms with Crippen molar-refractivity contribution in [2.75, 3.05) is 0 Å². The zero-order valence-electron chi connectivity index (χ0n) is 8.19.